The zero-order valence-electron chi connectivity index (χ0n) is 8.08. The van der Waals surface area contributed by atoms with Crippen LogP contribution in [0.2, 0.25) is 0 Å². The number of pyridine rings is 1. The number of aromatic nitrogens is 1. The Morgan fingerprint density at radius 3 is 2.33 bits per heavy atom. The summed E-state index contributed by atoms with van der Waals surface area (Å²) in [5.74, 6) is 0. The van der Waals surface area contributed by atoms with E-state index in [1.54, 1.807) is 12.1 Å². The average Bonchev–Trinajstić information content (AvgIpc) is 2.29. The van der Waals surface area contributed by atoms with Crippen LogP contribution in [0.4, 0.5) is 0 Å². The maximum Gasteiger partial charge on any atom is 0.186 e. The van der Waals surface area contributed by atoms with Crippen molar-refractivity contribution in [3.63, 3.8) is 0 Å². The summed E-state index contributed by atoms with van der Waals surface area (Å²) < 4.78 is 0.682. The molecule has 76 valence electrons. The molecule has 1 N–H and O–H groups in total. The molecular formula is C12H11NO2. The van der Waals surface area contributed by atoms with Crippen LogP contribution in [-0.2, 0) is 0 Å². The van der Waals surface area contributed by atoms with Gasteiger partial charge < -0.3 is 10.3 Å². The zero-order chi connectivity index (χ0) is 10.7. The normalized spacial score (nSPS) is 12.3. The van der Waals surface area contributed by atoms with E-state index in [9.17, 15) is 10.3 Å². The Hall–Kier alpha value is -1.87. The number of benzene rings is 1. The number of hydrogen-bond donors (Lipinski definition) is 1. The quantitative estimate of drug-likeness (QED) is 0.589. The lowest BCUT2D eigenvalue weighted by Gasteiger charge is -2.09. The average molecular weight is 201 g/mol. The van der Waals surface area contributed by atoms with Crippen molar-refractivity contribution < 1.29 is 9.84 Å². The van der Waals surface area contributed by atoms with Gasteiger partial charge in [0.25, 0.3) is 0 Å². The molecule has 0 fully saturated rings. The second-order valence-corrected chi connectivity index (χ2v) is 3.31. The van der Waals surface area contributed by atoms with Crippen LogP contribution < -0.4 is 4.73 Å². The number of rotatable bonds is 2. The Morgan fingerprint density at radius 2 is 1.67 bits per heavy atom. The Bertz CT molecular complexity index is 442. The molecule has 0 saturated carbocycles. The van der Waals surface area contributed by atoms with Gasteiger partial charge in [0.15, 0.2) is 12.4 Å². The lowest BCUT2D eigenvalue weighted by molar-refractivity contribution is -0.606. The van der Waals surface area contributed by atoms with Crippen molar-refractivity contribution in [3.8, 4) is 0 Å². The molecule has 3 nitrogen and oxygen atoms in total. The molecule has 0 aliphatic heterocycles. The van der Waals surface area contributed by atoms with Gasteiger partial charge in [0.05, 0.1) is 5.56 Å². The van der Waals surface area contributed by atoms with E-state index in [-0.39, 0.29) is 0 Å². The summed E-state index contributed by atoms with van der Waals surface area (Å²) in [4.78, 5) is 0. The second-order valence-electron chi connectivity index (χ2n) is 3.31. The molecule has 0 unspecified atom stereocenters. The summed E-state index contributed by atoms with van der Waals surface area (Å²) >= 11 is 0. The van der Waals surface area contributed by atoms with Crippen LogP contribution in [0.1, 0.15) is 17.2 Å². The largest absolute Gasteiger partial charge is 0.619 e. The highest BCUT2D eigenvalue weighted by Gasteiger charge is 2.11. The third-order valence-electron chi connectivity index (χ3n) is 2.23. The molecule has 1 atom stereocenters. The van der Waals surface area contributed by atoms with Crippen LogP contribution in [0.3, 0.4) is 0 Å². The van der Waals surface area contributed by atoms with Gasteiger partial charge in [0.2, 0.25) is 0 Å². The topological polar surface area (TPSA) is 47.2 Å². The summed E-state index contributed by atoms with van der Waals surface area (Å²) in [5.41, 5.74) is 1.38. The third-order valence-corrected chi connectivity index (χ3v) is 2.23. The summed E-state index contributed by atoms with van der Waals surface area (Å²) in [7, 11) is 0. The van der Waals surface area contributed by atoms with Gasteiger partial charge in [-0.25, -0.2) is 0 Å². The van der Waals surface area contributed by atoms with Crippen molar-refractivity contribution >= 4 is 0 Å². The van der Waals surface area contributed by atoms with Crippen LogP contribution in [-0.4, -0.2) is 5.11 Å². The standard InChI is InChI=1S/C12H11NO2/c14-12(10-5-2-1-3-6-10)11-7-4-8-13(15)9-11/h1-9,12,14H/t12-/m0/s1. The van der Waals surface area contributed by atoms with Crippen molar-refractivity contribution in [2.45, 2.75) is 6.10 Å². The fourth-order valence-electron chi connectivity index (χ4n) is 1.46. The smallest absolute Gasteiger partial charge is 0.186 e. The number of nitrogens with zero attached hydrogens (tertiary/aromatic N) is 1. The highest BCUT2D eigenvalue weighted by molar-refractivity contribution is 5.26. The Labute approximate surface area is 87.8 Å². The molecule has 1 aromatic heterocycles. The predicted octanol–water partition coefficient (Wildman–Crippen LogP) is 1.40. The molecule has 15 heavy (non-hydrogen) atoms. The van der Waals surface area contributed by atoms with E-state index in [4.69, 9.17) is 0 Å². The third kappa shape index (κ3) is 2.14. The Kier molecular flexibility index (Phi) is 2.65. The van der Waals surface area contributed by atoms with Gasteiger partial charge in [-0.15, -0.1) is 0 Å². The fraction of sp³-hybridized carbons (Fsp3) is 0.0833. The minimum atomic E-state index is -0.743. The van der Waals surface area contributed by atoms with Crippen LogP contribution in [0, 0.1) is 5.21 Å². The first-order chi connectivity index (χ1) is 7.27. The van der Waals surface area contributed by atoms with Crippen LogP contribution in [0.5, 0.6) is 0 Å². The highest BCUT2D eigenvalue weighted by atomic mass is 16.5. The van der Waals surface area contributed by atoms with Gasteiger partial charge in [-0.2, -0.15) is 4.73 Å². The molecular weight excluding hydrogens is 190 g/mol. The molecule has 2 aromatic rings. The summed E-state index contributed by atoms with van der Waals surface area (Å²) in [6.07, 6.45) is 2.02. The first-order valence-corrected chi connectivity index (χ1v) is 4.69. The first kappa shape index (κ1) is 9.68. The maximum atomic E-state index is 11.0. The minimum absolute atomic E-state index is 0.596. The second kappa shape index (κ2) is 4.11. The molecule has 3 heteroatoms. The van der Waals surface area contributed by atoms with E-state index < -0.39 is 6.10 Å². The zero-order valence-corrected chi connectivity index (χ0v) is 8.08. The molecule has 0 saturated heterocycles. The molecule has 0 spiro atoms. The van der Waals surface area contributed by atoms with Crippen molar-refractivity contribution in [3.05, 3.63) is 71.2 Å². The van der Waals surface area contributed by atoms with Crippen LogP contribution in [0.25, 0.3) is 0 Å². The van der Waals surface area contributed by atoms with Crippen LogP contribution in [0.15, 0.2) is 54.9 Å². The minimum Gasteiger partial charge on any atom is -0.619 e. The fourth-order valence-corrected chi connectivity index (χ4v) is 1.46. The SMILES string of the molecule is [O-][n+]1cccc([C@@H](O)c2ccccc2)c1. The van der Waals surface area contributed by atoms with Crippen molar-refractivity contribution in [2.24, 2.45) is 0 Å². The maximum absolute atomic E-state index is 11.0. The van der Waals surface area contributed by atoms with Crippen molar-refractivity contribution in [1.29, 1.82) is 0 Å². The van der Waals surface area contributed by atoms with E-state index >= 15 is 0 Å². The molecule has 0 radical (unpaired) electrons. The van der Waals surface area contributed by atoms with Gasteiger partial charge in [-0.05, 0) is 11.6 Å². The van der Waals surface area contributed by atoms with Gasteiger partial charge in [-0.3, -0.25) is 0 Å². The molecule has 1 aromatic carbocycles. The predicted molar refractivity (Wildman–Crippen MR) is 55.9 cm³/mol. The van der Waals surface area contributed by atoms with E-state index in [1.807, 2.05) is 30.3 Å². The monoisotopic (exact) mass is 201 g/mol. The number of aliphatic hydroxyl groups excluding tert-OH is 1. The highest BCUT2D eigenvalue weighted by Crippen LogP contribution is 2.19. The van der Waals surface area contributed by atoms with Crippen LogP contribution >= 0.6 is 0 Å². The van der Waals surface area contributed by atoms with Crippen molar-refractivity contribution in [2.75, 3.05) is 0 Å². The summed E-state index contributed by atoms with van der Waals surface area (Å²) in [5, 5.41) is 21.0. The molecule has 0 bridgehead atoms. The molecule has 1 heterocycles. The summed E-state index contributed by atoms with van der Waals surface area (Å²) in [6, 6.07) is 12.6. The number of aliphatic hydroxyl groups is 1. The van der Waals surface area contributed by atoms with E-state index in [0.29, 0.717) is 10.3 Å². The molecule has 2 rings (SSSR count). The van der Waals surface area contributed by atoms with Gasteiger partial charge in [-0.1, -0.05) is 30.3 Å². The van der Waals surface area contributed by atoms with Gasteiger partial charge >= 0.3 is 0 Å². The molecule has 0 amide bonds. The van der Waals surface area contributed by atoms with Crippen molar-refractivity contribution in [1.82, 2.24) is 0 Å². The Balaban J connectivity index is 2.32. The number of hydrogen-bond acceptors (Lipinski definition) is 2. The molecule has 0 aliphatic carbocycles. The molecule has 0 aliphatic rings. The first-order valence-electron chi connectivity index (χ1n) is 4.69. The lowest BCUT2D eigenvalue weighted by Crippen LogP contribution is -2.25. The Morgan fingerprint density at radius 1 is 1.00 bits per heavy atom. The van der Waals surface area contributed by atoms with Gasteiger partial charge in [0.1, 0.15) is 6.10 Å². The van der Waals surface area contributed by atoms with E-state index in [2.05, 4.69) is 0 Å². The lowest BCUT2D eigenvalue weighted by atomic mass is 10.0. The van der Waals surface area contributed by atoms with E-state index in [0.717, 1.165) is 5.56 Å². The van der Waals surface area contributed by atoms with Gasteiger partial charge in [0, 0.05) is 6.07 Å². The summed E-state index contributed by atoms with van der Waals surface area (Å²) in [6.45, 7) is 0. The van der Waals surface area contributed by atoms with E-state index in [1.165, 1.54) is 12.4 Å².